The van der Waals surface area contributed by atoms with Crippen LogP contribution >= 0.6 is 0 Å². The van der Waals surface area contributed by atoms with Crippen molar-refractivity contribution in [2.75, 3.05) is 23.9 Å². The van der Waals surface area contributed by atoms with E-state index in [2.05, 4.69) is 10.4 Å². The molecule has 2 aromatic heterocycles. The summed E-state index contributed by atoms with van der Waals surface area (Å²) in [5.74, 6) is 0.571. The second-order valence-electron chi connectivity index (χ2n) is 8.89. The van der Waals surface area contributed by atoms with E-state index in [0.29, 0.717) is 45.8 Å². The zero-order chi connectivity index (χ0) is 24.7. The fourth-order valence-electron chi connectivity index (χ4n) is 4.46. The monoisotopic (exact) mass is 490 g/mol. The molecule has 5 rings (SSSR count). The Morgan fingerprint density at radius 1 is 1.09 bits per heavy atom. The predicted octanol–water partition coefficient (Wildman–Crippen LogP) is 4.34. The third-order valence-corrected chi connectivity index (χ3v) is 8.08. The molecule has 0 aliphatic carbocycles. The number of rotatable bonds is 5. The van der Waals surface area contributed by atoms with E-state index in [1.54, 1.807) is 17.9 Å². The lowest BCUT2D eigenvalue weighted by Crippen LogP contribution is -2.15. The summed E-state index contributed by atoms with van der Waals surface area (Å²) in [6.07, 6.45) is 0.470. The minimum absolute atomic E-state index is 0.0164. The van der Waals surface area contributed by atoms with Gasteiger partial charge in [-0.05, 0) is 62.7 Å². The van der Waals surface area contributed by atoms with E-state index >= 15 is 0 Å². The third kappa shape index (κ3) is 4.51. The first kappa shape index (κ1) is 23.0. The molecule has 0 radical (unpaired) electrons. The third-order valence-electron chi connectivity index (χ3n) is 6.33. The number of nitrogens with zero attached hydrogens (tertiary/aromatic N) is 3. The van der Waals surface area contributed by atoms with Gasteiger partial charge in [-0.1, -0.05) is 17.7 Å². The summed E-state index contributed by atoms with van der Waals surface area (Å²) >= 11 is 0. The molecule has 4 aromatic rings. The van der Waals surface area contributed by atoms with Gasteiger partial charge in [0.2, 0.25) is 0 Å². The summed E-state index contributed by atoms with van der Waals surface area (Å²) < 4.78 is 31.3. The zero-order valence-corrected chi connectivity index (χ0v) is 20.6. The molecule has 3 heterocycles. The standard InChI is InChI=1S/C26H26N4O4S/c1-16-4-8-19(9-5-16)27-26(31)22-14-23(18-6-10-21(34-3)11-7-18)28-25-24(22)17(2)29-30(25)20-12-13-35(32,33)15-20/h4-11,14,20H,12-13,15H2,1-3H3,(H,27,31). The molecule has 1 atom stereocenters. The van der Waals surface area contributed by atoms with Gasteiger partial charge in [0.05, 0.1) is 47.0 Å². The molecule has 1 unspecified atom stereocenters. The van der Waals surface area contributed by atoms with Crippen LogP contribution in [-0.2, 0) is 9.84 Å². The van der Waals surface area contributed by atoms with Crippen LogP contribution in [0.15, 0.2) is 54.6 Å². The highest BCUT2D eigenvalue weighted by Gasteiger charge is 2.32. The molecular weight excluding hydrogens is 464 g/mol. The fraction of sp³-hybridized carbons (Fsp3) is 0.269. The Balaban J connectivity index is 1.66. The summed E-state index contributed by atoms with van der Waals surface area (Å²) in [5.41, 5.74) is 4.76. The molecule has 0 spiro atoms. The molecule has 1 aliphatic heterocycles. The molecular formula is C26H26N4O4S. The average molecular weight is 491 g/mol. The van der Waals surface area contributed by atoms with E-state index in [4.69, 9.17) is 9.72 Å². The van der Waals surface area contributed by atoms with Crippen molar-refractivity contribution in [2.45, 2.75) is 26.3 Å². The van der Waals surface area contributed by atoms with Crippen LogP contribution in [0.2, 0.25) is 0 Å². The van der Waals surface area contributed by atoms with E-state index in [-0.39, 0.29) is 23.5 Å². The van der Waals surface area contributed by atoms with Gasteiger partial charge in [0, 0.05) is 11.3 Å². The SMILES string of the molecule is COc1ccc(-c2cc(C(=O)Nc3ccc(C)cc3)c3c(C)nn(C4CCS(=O)(=O)C4)c3n2)cc1. The summed E-state index contributed by atoms with van der Waals surface area (Å²) in [6, 6.07) is 16.4. The van der Waals surface area contributed by atoms with Crippen LogP contribution in [0.3, 0.4) is 0 Å². The number of aryl methyl sites for hydroxylation is 2. The highest BCUT2D eigenvalue weighted by atomic mass is 32.2. The van der Waals surface area contributed by atoms with Gasteiger partial charge in [-0.2, -0.15) is 5.10 Å². The highest BCUT2D eigenvalue weighted by molar-refractivity contribution is 7.91. The molecule has 1 N–H and O–H groups in total. The topological polar surface area (TPSA) is 103 Å². The van der Waals surface area contributed by atoms with Crippen LogP contribution in [0, 0.1) is 13.8 Å². The molecule has 9 heteroatoms. The molecule has 1 aliphatic rings. The number of sulfone groups is 1. The maximum absolute atomic E-state index is 13.5. The maximum Gasteiger partial charge on any atom is 0.256 e. The van der Waals surface area contributed by atoms with E-state index in [9.17, 15) is 13.2 Å². The summed E-state index contributed by atoms with van der Waals surface area (Å²) in [7, 11) is -1.52. The second kappa shape index (κ2) is 8.81. The van der Waals surface area contributed by atoms with Crippen molar-refractivity contribution in [3.63, 3.8) is 0 Å². The maximum atomic E-state index is 13.5. The lowest BCUT2D eigenvalue weighted by molar-refractivity contribution is 0.102. The Morgan fingerprint density at radius 2 is 1.80 bits per heavy atom. The Hall–Kier alpha value is -3.72. The van der Waals surface area contributed by atoms with Crippen molar-refractivity contribution in [3.8, 4) is 17.0 Å². The Kier molecular flexibility index (Phi) is 5.80. The molecule has 1 saturated heterocycles. The van der Waals surface area contributed by atoms with Gasteiger partial charge in [-0.15, -0.1) is 0 Å². The molecule has 0 saturated carbocycles. The Labute approximate surface area is 203 Å². The predicted molar refractivity (Wildman–Crippen MR) is 136 cm³/mol. The Bertz CT molecular complexity index is 1520. The van der Waals surface area contributed by atoms with E-state index in [1.165, 1.54) is 0 Å². The van der Waals surface area contributed by atoms with E-state index < -0.39 is 9.84 Å². The van der Waals surface area contributed by atoms with Crippen molar-refractivity contribution >= 4 is 32.5 Å². The minimum atomic E-state index is -3.13. The second-order valence-corrected chi connectivity index (χ2v) is 11.1. The number of aromatic nitrogens is 3. The van der Waals surface area contributed by atoms with Gasteiger partial charge < -0.3 is 10.1 Å². The first-order valence-electron chi connectivity index (χ1n) is 11.4. The smallest absolute Gasteiger partial charge is 0.256 e. The van der Waals surface area contributed by atoms with Gasteiger partial charge in [0.25, 0.3) is 5.91 Å². The summed E-state index contributed by atoms with van der Waals surface area (Å²) in [6.45, 7) is 3.81. The molecule has 2 aromatic carbocycles. The molecule has 8 nitrogen and oxygen atoms in total. The van der Waals surface area contributed by atoms with Gasteiger partial charge in [0.1, 0.15) is 5.75 Å². The first-order chi connectivity index (χ1) is 16.7. The number of anilines is 1. The van der Waals surface area contributed by atoms with Crippen LogP contribution in [0.1, 0.15) is 34.1 Å². The van der Waals surface area contributed by atoms with Crippen molar-refractivity contribution < 1.29 is 17.9 Å². The number of benzene rings is 2. The van der Waals surface area contributed by atoms with Crippen molar-refractivity contribution in [1.29, 1.82) is 0 Å². The van der Waals surface area contributed by atoms with Gasteiger partial charge >= 0.3 is 0 Å². The van der Waals surface area contributed by atoms with Crippen LogP contribution in [0.5, 0.6) is 5.75 Å². The van der Waals surface area contributed by atoms with Crippen LogP contribution in [-0.4, -0.2) is 47.7 Å². The number of carbonyl (C=O) groups excluding carboxylic acids is 1. The molecule has 35 heavy (non-hydrogen) atoms. The summed E-state index contributed by atoms with van der Waals surface area (Å²) in [4.78, 5) is 18.4. The number of ether oxygens (including phenoxy) is 1. The first-order valence-corrected chi connectivity index (χ1v) is 13.2. The normalized spacial score (nSPS) is 16.9. The van der Waals surface area contributed by atoms with Gasteiger partial charge in [0.15, 0.2) is 15.5 Å². The average Bonchev–Trinajstić information content (AvgIpc) is 3.38. The number of hydrogen-bond acceptors (Lipinski definition) is 6. The van der Waals surface area contributed by atoms with E-state index in [0.717, 1.165) is 11.1 Å². The van der Waals surface area contributed by atoms with Crippen molar-refractivity contribution in [2.24, 2.45) is 0 Å². The van der Waals surface area contributed by atoms with Crippen LogP contribution < -0.4 is 10.1 Å². The highest BCUT2D eigenvalue weighted by Crippen LogP contribution is 2.33. The molecule has 0 bridgehead atoms. The van der Waals surface area contributed by atoms with E-state index in [1.807, 2.05) is 62.4 Å². The number of pyridine rings is 1. The molecule has 1 amide bonds. The molecule has 1 fully saturated rings. The van der Waals surface area contributed by atoms with Crippen LogP contribution in [0.4, 0.5) is 5.69 Å². The zero-order valence-electron chi connectivity index (χ0n) is 19.8. The van der Waals surface area contributed by atoms with Crippen LogP contribution in [0.25, 0.3) is 22.3 Å². The lowest BCUT2D eigenvalue weighted by Gasteiger charge is -2.13. The van der Waals surface area contributed by atoms with Crippen molar-refractivity contribution in [3.05, 3.63) is 71.4 Å². The molecule has 180 valence electrons. The van der Waals surface area contributed by atoms with Crippen molar-refractivity contribution in [1.82, 2.24) is 14.8 Å². The lowest BCUT2D eigenvalue weighted by atomic mass is 10.0. The number of carbonyl (C=O) groups is 1. The quantitative estimate of drug-likeness (QED) is 0.447. The minimum Gasteiger partial charge on any atom is -0.497 e. The summed E-state index contributed by atoms with van der Waals surface area (Å²) in [5, 5.41) is 8.25. The number of fused-ring (bicyclic) bond motifs is 1. The fourth-order valence-corrected chi connectivity index (χ4v) is 6.15. The number of hydrogen-bond donors (Lipinski definition) is 1. The largest absolute Gasteiger partial charge is 0.497 e. The number of nitrogens with one attached hydrogen (secondary N) is 1. The van der Waals surface area contributed by atoms with Gasteiger partial charge in [-0.25, -0.2) is 18.1 Å². The Morgan fingerprint density at radius 3 is 2.43 bits per heavy atom. The van der Waals surface area contributed by atoms with Gasteiger partial charge in [-0.3, -0.25) is 4.79 Å². The number of methoxy groups -OCH3 is 1. The number of amides is 1.